The van der Waals surface area contributed by atoms with Gasteiger partial charge in [-0.05, 0) is 109 Å². The van der Waals surface area contributed by atoms with Crippen molar-refractivity contribution < 1.29 is 28.6 Å². The average Bonchev–Trinajstić information content (AvgIpc) is 3.34. The van der Waals surface area contributed by atoms with Crippen molar-refractivity contribution in [1.29, 1.82) is 0 Å². The van der Waals surface area contributed by atoms with E-state index in [1.807, 2.05) is 60.8 Å². The summed E-state index contributed by atoms with van der Waals surface area (Å²) in [6.07, 6.45) is 79.4. The first kappa shape index (κ1) is 63.0. The third-order valence-electron chi connectivity index (χ3n) is 10.4. The molecule has 0 radical (unpaired) electrons. The van der Waals surface area contributed by atoms with Crippen LogP contribution in [0.15, 0.2) is 158 Å². The summed E-state index contributed by atoms with van der Waals surface area (Å²) in [7, 11) is 0. The second kappa shape index (κ2) is 54.6. The molecule has 0 bridgehead atoms. The zero-order valence-electron chi connectivity index (χ0n) is 43.0. The van der Waals surface area contributed by atoms with Gasteiger partial charge in [0.2, 0.25) is 0 Å². The number of hydrogen-bond donors (Lipinski definition) is 0. The number of allylic oxidation sites excluding steroid dienone is 26. The zero-order chi connectivity index (χ0) is 49.3. The van der Waals surface area contributed by atoms with Gasteiger partial charge < -0.3 is 14.2 Å². The highest BCUT2D eigenvalue weighted by Gasteiger charge is 2.19. The molecule has 0 rings (SSSR count). The minimum Gasteiger partial charge on any atom is -0.462 e. The molecule has 0 spiro atoms. The van der Waals surface area contributed by atoms with Crippen LogP contribution in [0.25, 0.3) is 0 Å². The summed E-state index contributed by atoms with van der Waals surface area (Å²) >= 11 is 0. The number of unbranched alkanes of at least 4 members (excludes halogenated alkanes) is 13. The Morgan fingerprint density at radius 1 is 0.324 bits per heavy atom. The summed E-state index contributed by atoms with van der Waals surface area (Å²) in [4.78, 5) is 38.1. The molecule has 68 heavy (non-hydrogen) atoms. The van der Waals surface area contributed by atoms with E-state index in [1.165, 1.54) is 38.5 Å². The lowest BCUT2D eigenvalue weighted by molar-refractivity contribution is -0.167. The molecule has 1 unspecified atom stereocenters. The maximum Gasteiger partial charge on any atom is 0.306 e. The fourth-order valence-corrected chi connectivity index (χ4v) is 6.48. The molecule has 1 atom stereocenters. The standard InChI is InChI=1S/C62H94O6/c1-4-7-10-13-16-19-22-25-28-31-34-37-40-43-46-49-52-55-61(64)67-58-59(57-66-60(63)54-51-48-45-42-39-36-33-30-27-24-21-18-15-12-9-6-3)68-62(65)56-53-50-47-44-41-38-35-32-29-26-23-20-17-14-11-8-5-2/h7,9-10,12-13,16-22,25-31,34-35,37-38,40,44,47,59H,4-6,8,11,14-15,23-24,32-33,36,39,41-43,45-46,48-58H2,1-3H3/b10-7-,12-9-,16-13-,20-17-,21-18-,22-19-,28-25-,29-26-,30-27-,34-31+,38-35-,40-37-,47-44-. The fourth-order valence-electron chi connectivity index (χ4n) is 6.48. The van der Waals surface area contributed by atoms with Crippen LogP contribution in [-0.4, -0.2) is 37.2 Å². The molecular weight excluding hydrogens is 841 g/mol. The van der Waals surface area contributed by atoms with E-state index in [0.717, 1.165) is 103 Å². The van der Waals surface area contributed by atoms with Crippen molar-refractivity contribution in [3.63, 3.8) is 0 Å². The predicted molar refractivity (Wildman–Crippen MR) is 292 cm³/mol. The second-order valence-corrected chi connectivity index (χ2v) is 16.8. The molecule has 0 aliphatic carbocycles. The van der Waals surface area contributed by atoms with Crippen LogP contribution in [0.5, 0.6) is 0 Å². The van der Waals surface area contributed by atoms with Gasteiger partial charge in [0.1, 0.15) is 13.2 Å². The normalized spacial score (nSPS) is 13.4. The molecule has 6 heteroatoms. The highest BCUT2D eigenvalue weighted by molar-refractivity contribution is 5.71. The summed E-state index contributed by atoms with van der Waals surface area (Å²) in [5.74, 6) is -1.06. The van der Waals surface area contributed by atoms with Gasteiger partial charge in [0.05, 0.1) is 0 Å². The van der Waals surface area contributed by atoms with E-state index in [-0.39, 0.29) is 44.0 Å². The van der Waals surface area contributed by atoms with Gasteiger partial charge in [0, 0.05) is 19.3 Å². The van der Waals surface area contributed by atoms with Crippen molar-refractivity contribution >= 4 is 17.9 Å². The Hall–Kier alpha value is -4.97. The van der Waals surface area contributed by atoms with Crippen LogP contribution < -0.4 is 0 Å². The van der Waals surface area contributed by atoms with Gasteiger partial charge in [-0.1, -0.05) is 224 Å². The molecule has 0 aromatic heterocycles. The molecule has 0 aliphatic heterocycles. The minimum atomic E-state index is -0.839. The Balaban J connectivity index is 4.63. The van der Waals surface area contributed by atoms with E-state index in [1.54, 1.807) is 0 Å². The van der Waals surface area contributed by atoms with E-state index < -0.39 is 6.10 Å². The van der Waals surface area contributed by atoms with Crippen LogP contribution in [0.4, 0.5) is 0 Å². The van der Waals surface area contributed by atoms with E-state index in [4.69, 9.17) is 14.2 Å². The monoisotopic (exact) mass is 935 g/mol. The average molecular weight is 935 g/mol. The Morgan fingerprint density at radius 2 is 0.662 bits per heavy atom. The van der Waals surface area contributed by atoms with Crippen LogP contribution in [-0.2, 0) is 28.6 Å². The van der Waals surface area contributed by atoms with Gasteiger partial charge in [0.25, 0.3) is 0 Å². The topological polar surface area (TPSA) is 78.9 Å². The lowest BCUT2D eigenvalue weighted by atomic mass is 10.1. The van der Waals surface area contributed by atoms with Gasteiger partial charge in [0.15, 0.2) is 6.10 Å². The number of carbonyl (C=O) groups is 3. The maximum atomic E-state index is 12.8. The Kier molecular flexibility index (Phi) is 50.6. The summed E-state index contributed by atoms with van der Waals surface area (Å²) < 4.78 is 16.7. The maximum absolute atomic E-state index is 12.8. The molecule has 0 saturated carbocycles. The third kappa shape index (κ3) is 52.0. The van der Waals surface area contributed by atoms with Crippen molar-refractivity contribution in [2.24, 2.45) is 0 Å². The van der Waals surface area contributed by atoms with Crippen LogP contribution in [0, 0.1) is 0 Å². The molecule has 0 amide bonds. The van der Waals surface area contributed by atoms with E-state index in [0.29, 0.717) is 19.3 Å². The smallest absolute Gasteiger partial charge is 0.306 e. The van der Waals surface area contributed by atoms with E-state index in [2.05, 4.69) is 118 Å². The van der Waals surface area contributed by atoms with Crippen LogP contribution in [0.1, 0.15) is 194 Å². The largest absolute Gasteiger partial charge is 0.462 e. The van der Waals surface area contributed by atoms with Crippen LogP contribution >= 0.6 is 0 Å². The molecule has 0 aliphatic rings. The number of esters is 3. The summed E-state index contributed by atoms with van der Waals surface area (Å²) in [5.41, 5.74) is 0. The van der Waals surface area contributed by atoms with Gasteiger partial charge >= 0.3 is 17.9 Å². The Labute approximate surface area is 416 Å². The third-order valence-corrected chi connectivity index (χ3v) is 10.4. The summed E-state index contributed by atoms with van der Waals surface area (Å²) in [6, 6.07) is 0. The Bertz CT molecular complexity index is 1590. The van der Waals surface area contributed by atoms with Gasteiger partial charge in [-0.2, -0.15) is 0 Å². The second-order valence-electron chi connectivity index (χ2n) is 16.8. The van der Waals surface area contributed by atoms with E-state index >= 15 is 0 Å². The van der Waals surface area contributed by atoms with Crippen LogP contribution in [0.2, 0.25) is 0 Å². The summed E-state index contributed by atoms with van der Waals surface area (Å²) in [5, 5.41) is 0. The molecular formula is C62H94O6. The molecule has 378 valence electrons. The van der Waals surface area contributed by atoms with Crippen molar-refractivity contribution in [3.05, 3.63) is 158 Å². The van der Waals surface area contributed by atoms with Crippen LogP contribution in [0.3, 0.4) is 0 Å². The molecule has 0 heterocycles. The molecule has 0 saturated heterocycles. The molecule has 0 aromatic rings. The summed E-state index contributed by atoms with van der Waals surface area (Å²) in [6.45, 7) is 6.23. The molecule has 0 fully saturated rings. The first-order valence-electron chi connectivity index (χ1n) is 26.6. The number of rotatable bonds is 45. The van der Waals surface area contributed by atoms with Gasteiger partial charge in [-0.25, -0.2) is 0 Å². The zero-order valence-corrected chi connectivity index (χ0v) is 43.0. The molecule has 0 aromatic carbocycles. The van der Waals surface area contributed by atoms with E-state index in [9.17, 15) is 14.4 Å². The predicted octanol–water partition coefficient (Wildman–Crippen LogP) is 17.8. The van der Waals surface area contributed by atoms with Crippen molar-refractivity contribution in [2.75, 3.05) is 13.2 Å². The first-order valence-corrected chi connectivity index (χ1v) is 26.6. The van der Waals surface area contributed by atoms with Crippen molar-refractivity contribution in [2.45, 2.75) is 200 Å². The first-order chi connectivity index (χ1) is 33.5. The number of ether oxygens (including phenoxy) is 3. The lowest BCUT2D eigenvalue weighted by Gasteiger charge is -2.18. The Morgan fingerprint density at radius 3 is 1.13 bits per heavy atom. The van der Waals surface area contributed by atoms with Gasteiger partial charge in [-0.15, -0.1) is 0 Å². The lowest BCUT2D eigenvalue weighted by Crippen LogP contribution is -2.30. The van der Waals surface area contributed by atoms with Gasteiger partial charge in [-0.3, -0.25) is 14.4 Å². The SMILES string of the molecule is CC\C=C/C=C\C=C/C=C\C=C\C=C/CCCCCC(=O)OCC(COC(=O)CCCCCCCC/C=C\C/C=C\C/C=C\CC)OC(=O)CCC/C=C\C/C=C\C/C=C\C/C=C\CCCCC. The quantitative estimate of drug-likeness (QED) is 0.0199. The molecule has 6 nitrogen and oxygen atoms in total. The number of hydrogen-bond acceptors (Lipinski definition) is 6. The highest BCUT2D eigenvalue weighted by Crippen LogP contribution is 2.12. The fraction of sp³-hybridized carbons (Fsp3) is 0.532. The highest BCUT2D eigenvalue weighted by atomic mass is 16.6. The minimum absolute atomic E-state index is 0.129. The number of carbonyl (C=O) groups excluding carboxylic acids is 3. The van der Waals surface area contributed by atoms with Crippen molar-refractivity contribution in [1.82, 2.24) is 0 Å². The van der Waals surface area contributed by atoms with Crippen molar-refractivity contribution in [3.8, 4) is 0 Å². The molecule has 0 N–H and O–H groups in total.